The second kappa shape index (κ2) is 12.8. The molecule has 1 aromatic carbocycles. The van der Waals surface area contributed by atoms with Crippen LogP contribution in [0.25, 0.3) is 10.9 Å². The standard InChI is InChI=1S/C26H33F3N6O3.C3H9B/c1-5-25(11-14-34(15-12-25)23(37)38-24(2,3)4)35-18-10-13-31-22(36)19(18)21(33-35)32-17-8-6-16(7-9-17)20(30)26(27,28)29;1-4(2)3/h6-10,13,20H,5,11-12,14-15,30H2,1-4H3,(H,31,36)(H,32,33);1-3H3. The van der Waals surface area contributed by atoms with Gasteiger partial charge in [-0.1, -0.05) is 39.5 Å². The van der Waals surface area contributed by atoms with Gasteiger partial charge in [0.2, 0.25) is 0 Å². The molecule has 9 nitrogen and oxygen atoms in total. The number of anilines is 2. The first-order valence-corrected chi connectivity index (χ1v) is 14.3. The van der Waals surface area contributed by atoms with E-state index in [4.69, 9.17) is 15.6 Å². The van der Waals surface area contributed by atoms with Crippen molar-refractivity contribution >= 4 is 35.2 Å². The Morgan fingerprint density at radius 3 is 2.21 bits per heavy atom. The Morgan fingerprint density at radius 1 is 1.14 bits per heavy atom. The molecule has 4 rings (SSSR count). The van der Waals surface area contributed by atoms with Gasteiger partial charge in [0.15, 0.2) is 5.82 Å². The topological polar surface area (TPSA) is 118 Å². The third kappa shape index (κ3) is 7.87. The number of hydrogen-bond donors (Lipinski definition) is 3. The van der Waals surface area contributed by atoms with Crippen LogP contribution in [0, 0.1) is 0 Å². The van der Waals surface area contributed by atoms with Crippen LogP contribution in [0.5, 0.6) is 0 Å². The summed E-state index contributed by atoms with van der Waals surface area (Å²) < 4.78 is 46.3. The van der Waals surface area contributed by atoms with E-state index in [1.807, 2.05) is 32.4 Å². The van der Waals surface area contributed by atoms with Gasteiger partial charge in [-0.05, 0) is 63.8 Å². The highest BCUT2D eigenvalue weighted by Gasteiger charge is 2.40. The molecule has 1 atom stereocenters. The van der Waals surface area contributed by atoms with Crippen LogP contribution in [0.4, 0.5) is 29.5 Å². The number of amides is 1. The molecule has 3 aromatic rings. The molecule has 13 heteroatoms. The van der Waals surface area contributed by atoms with Crippen LogP contribution >= 0.6 is 0 Å². The number of rotatable bonds is 5. The number of carbonyl (C=O) groups excluding carboxylic acids is 1. The molecule has 0 spiro atoms. The molecule has 0 bridgehead atoms. The fourth-order valence-electron chi connectivity index (χ4n) is 4.77. The number of pyridine rings is 1. The number of halogens is 3. The summed E-state index contributed by atoms with van der Waals surface area (Å²) >= 11 is 0. The number of ether oxygens (including phenoxy) is 1. The molecule has 1 amide bonds. The van der Waals surface area contributed by atoms with Gasteiger partial charge in [-0.2, -0.15) is 18.3 Å². The first kappa shape index (κ1) is 33.0. The van der Waals surface area contributed by atoms with Crippen molar-refractivity contribution in [1.29, 1.82) is 0 Å². The third-order valence-corrected chi connectivity index (χ3v) is 6.94. The van der Waals surface area contributed by atoms with Crippen LogP contribution in [-0.2, 0) is 10.3 Å². The molecule has 0 saturated carbocycles. The molecule has 1 fully saturated rings. The van der Waals surface area contributed by atoms with Crippen molar-refractivity contribution in [2.45, 2.75) is 90.8 Å². The highest BCUT2D eigenvalue weighted by Crippen LogP contribution is 2.38. The molecular formula is C29H42BF3N6O3. The Bertz CT molecular complexity index is 1400. The van der Waals surface area contributed by atoms with Gasteiger partial charge >= 0.3 is 12.3 Å². The van der Waals surface area contributed by atoms with Gasteiger partial charge in [-0.25, -0.2) is 4.79 Å². The number of carbonyl (C=O) groups is 1. The number of piperidine rings is 1. The van der Waals surface area contributed by atoms with Gasteiger partial charge in [-0.15, -0.1) is 0 Å². The summed E-state index contributed by atoms with van der Waals surface area (Å²) in [5.41, 5.74) is 4.93. The number of aromatic nitrogens is 3. The maximum Gasteiger partial charge on any atom is 0.410 e. The molecule has 4 N–H and O–H groups in total. The van der Waals surface area contributed by atoms with Crippen LogP contribution in [0.15, 0.2) is 41.3 Å². The lowest BCUT2D eigenvalue weighted by molar-refractivity contribution is -0.149. The molecule has 1 aliphatic rings. The molecule has 2 aromatic heterocycles. The number of aromatic amines is 1. The first-order chi connectivity index (χ1) is 19.5. The van der Waals surface area contributed by atoms with Crippen LogP contribution in [-0.4, -0.2) is 57.3 Å². The Labute approximate surface area is 245 Å². The zero-order valence-corrected chi connectivity index (χ0v) is 25.4. The van der Waals surface area contributed by atoms with E-state index in [0.29, 0.717) is 48.9 Å². The van der Waals surface area contributed by atoms with Gasteiger partial charge in [0.05, 0.1) is 11.1 Å². The summed E-state index contributed by atoms with van der Waals surface area (Å²) in [5, 5.41) is 8.21. The predicted octanol–water partition coefficient (Wildman–Crippen LogP) is 6.54. The molecule has 230 valence electrons. The number of hydrogen-bond acceptors (Lipinski definition) is 6. The second-order valence-electron chi connectivity index (χ2n) is 12.4. The third-order valence-electron chi connectivity index (χ3n) is 6.94. The number of alkyl halides is 3. The minimum absolute atomic E-state index is 0.0713. The molecule has 0 radical (unpaired) electrons. The first-order valence-electron chi connectivity index (χ1n) is 14.3. The highest BCUT2D eigenvalue weighted by atomic mass is 19.4. The molecule has 1 unspecified atom stereocenters. The smallest absolute Gasteiger partial charge is 0.410 e. The summed E-state index contributed by atoms with van der Waals surface area (Å²) in [6, 6.07) is 5.22. The van der Waals surface area contributed by atoms with Gasteiger partial charge in [0, 0.05) is 25.0 Å². The summed E-state index contributed by atoms with van der Waals surface area (Å²) in [4.78, 5) is 29.8. The number of benzene rings is 1. The molecule has 0 aliphatic carbocycles. The van der Waals surface area contributed by atoms with Crippen molar-refractivity contribution in [3.05, 3.63) is 52.4 Å². The van der Waals surface area contributed by atoms with E-state index in [1.165, 1.54) is 24.3 Å². The largest absolute Gasteiger partial charge is 0.444 e. The summed E-state index contributed by atoms with van der Waals surface area (Å²) in [7, 11) is 0. The van der Waals surface area contributed by atoms with Gasteiger partial charge < -0.3 is 25.7 Å². The molecule has 3 heterocycles. The normalized spacial score (nSPS) is 15.9. The number of nitrogens with two attached hydrogens (primary N) is 1. The second-order valence-corrected chi connectivity index (χ2v) is 12.4. The maximum absolute atomic E-state index is 13.0. The summed E-state index contributed by atoms with van der Waals surface area (Å²) in [5.74, 6) is 0.289. The Morgan fingerprint density at radius 2 is 1.71 bits per heavy atom. The van der Waals surface area contributed by atoms with Crippen molar-refractivity contribution in [3.8, 4) is 0 Å². The van der Waals surface area contributed by atoms with E-state index in [2.05, 4.69) is 30.8 Å². The molecule has 1 saturated heterocycles. The quantitative estimate of drug-likeness (QED) is 0.291. The average molecular weight is 590 g/mol. The van der Waals surface area contributed by atoms with Crippen molar-refractivity contribution in [2.75, 3.05) is 18.4 Å². The van der Waals surface area contributed by atoms with E-state index in [1.54, 1.807) is 17.2 Å². The monoisotopic (exact) mass is 590 g/mol. The number of H-pyrrole nitrogens is 1. The summed E-state index contributed by atoms with van der Waals surface area (Å²) in [6.07, 6.45) is -1.43. The lowest BCUT2D eigenvalue weighted by Crippen LogP contribution is -2.49. The van der Waals surface area contributed by atoms with Crippen molar-refractivity contribution in [2.24, 2.45) is 5.73 Å². The maximum atomic E-state index is 13.0. The Kier molecular flexibility index (Phi) is 10.1. The zero-order chi connectivity index (χ0) is 31.5. The predicted molar refractivity (Wildman–Crippen MR) is 162 cm³/mol. The molecular weight excluding hydrogens is 548 g/mol. The SMILES string of the molecule is CB(C)C.CCC1(n2nc(Nc3ccc(C(N)C(F)(F)F)cc3)c3c(=O)[nH]ccc32)CCN(C(=O)OC(C)(C)C)CC1. The van der Waals surface area contributed by atoms with E-state index in [0.717, 1.165) is 6.71 Å². The van der Waals surface area contributed by atoms with Gasteiger partial charge in [0.1, 0.15) is 23.7 Å². The van der Waals surface area contributed by atoms with Crippen molar-refractivity contribution in [1.82, 2.24) is 19.7 Å². The van der Waals surface area contributed by atoms with E-state index >= 15 is 0 Å². The number of likely N-dealkylation sites (tertiary alicyclic amines) is 1. The number of nitrogens with zero attached hydrogens (tertiary/aromatic N) is 3. The lowest BCUT2D eigenvalue weighted by atomic mass is 9.58. The van der Waals surface area contributed by atoms with E-state index in [-0.39, 0.29) is 23.0 Å². The van der Waals surface area contributed by atoms with Crippen molar-refractivity contribution in [3.63, 3.8) is 0 Å². The van der Waals surface area contributed by atoms with E-state index < -0.39 is 23.4 Å². The molecule has 42 heavy (non-hydrogen) atoms. The minimum atomic E-state index is -4.55. The number of nitrogens with one attached hydrogen (secondary N) is 2. The zero-order valence-electron chi connectivity index (χ0n) is 25.4. The van der Waals surface area contributed by atoms with Crippen LogP contribution in [0.2, 0.25) is 20.5 Å². The summed E-state index contributed by atoms with van der Waals surface area (Å²) in [6.45, 7) is 15.8. The minimum Gasteiger partial charge on any atom is -0.444 e. The lowest BCUT2D eigenvalue weighted by Gasteiger charge is -2.42. The van der Waals surface area contributed by atoms with E-state index in [9.17, 15) is 22.8 Å². The van der Waals surface area contributed by atoms with Gasteiger partial charge in [-0.3, -0.25) is 9.48 Å². The Balaban J connectivity index is 0.00000114. The molecule has 1 aliphatic heterocycles. The fraction of sp³-hybridized carbons (Fsp3) is 0.552. The Hall–Kier alpha value is -3.48. The highest BCUT2D eigenvalue weighted by molar-refractivity contribution is 6.54. The fourth-order valence-corrected chi connectivity index (χ4v) is 4.77. The van der Waals surface area contributed by atoms with Crippen molar-refractivity contribution < 1.29 is 22.7 Å². The number of fused-ring (bicyclic) bond motifs is 1. The van der Waals surface area contributed by atoms with Crippen LogP contribution < -0.4 is 16.6 Å². The van der Waals surface area contributed by atoms with Crippen LogP contribution in [0.1, 0.15) is 58.6 Å². The van der Waals surface area contributed by atoms with Crippen LogP contribution in [0.3, 0.4) is 0 Å². The average Bonchev–Trinajstić information content (AvgIpc) is 3.27. The van der Waals surface area contributed by atoms with Gasteiger partial charge in [0.25, 0.3) is 5.56 Å².